The number of nitrogens with two attached hydrogens (primary N) is 1. The van der Waals surface area contributed by atoms with Crippen LogP contribution in [0.1, 0.15) is 12.7 Å². The molecule has 1 aromatic carbocycles. The molecule has 0 atom stereocenters. The van der Waals surface area contributed by atoms with E-state index in [1.54, 1.807) is 0 Å². The maximum atomic E-state index is 5.72. The molecule has 1 aliphatic heterocycles. The topological polar surface area (TPSA) is 80.4 Å². The Morgan fingerprint density at radius 3 is 2.50 bits per heavy atom. The molecule has 1 aromatic heterocycles. The van der Waals surface area contributed by atoms with Gasteiger partial charge < -0.3 is 15.4 Å². The van der Waals surface area contributed by atoms with Crippen LogP contribution in [0.3, 0.4) is 0 Å². The maximum Gasteiger partial charge on any atom is 0.321 e. The molecule has 2 aromatic rings. The van der Waals surface area contributed by atoms with Crippen LogP contribution < -0.4 is 15.4 Å². The van der Waals surface area contributed by atoms with Crippen molar-refractivity contribution in [3.8, 4) is 6.01 Å². The van der Waals surface area contributed by atoms with Crippen LogP contribution >= 0.6 is 0 Å². The van der Waals surface area contributed by atoms with E-state index < -0.39 is 0 Å². The molecule has 128 valence electrons. The molecule has 0 spiro atoms. The fourth-order valence-corrected chi connectivity index (χ4v) is 2.85. The lowest BCUT2D eigenvalue weighted by atomic mass is 10.2. The van der Waals surface area contributed by atoms with Gasteiger partial charge in [0, 0.05) is 44.8 Å². The van der Waals surface area contributed by atoms with Crippen molar-refractivity contribution in [2.24, 2.45) is 0 Å². The molecule has 0 saturated carbocycles. The summed E-state index contributed by atoms with van der Waals surface area (Å²) >= 11 is 0. The Hall–Kier alpha value is -2.41. The number of piperazine rings is 1. The van der Waals surface area contributed by atoms with Gasteiger partial charge in [0.25, 0.3) is 0 Å². The summed E-state index contributed by atoms with van der Waals surface area (Å²) in [6, 6.07) is 10.9. The Balaban J connectivity index is 1.50. The maximum absolute atomic E-state index is 5.72. The molecule has 1 saturated heterocycles. The lowest BCUT2D eigenvalue weighted by molar-refractivity contribution is 0.258. The Kier molecular flexibility index (Phi) is 5.43. The zero-order chi connectivity index (χ0) is 16.8. The van der Waals surface area contributed by atoms with E-state index in [1.807, 2.05) is 6.92 Å². The number of para-hydroxylation sites is 1. The molecule has 7 nitrogen and oxygen atoms in total. The van der Waals surface area contributed by atoms with Crippen molar-refractivity contribution in [3.63, 3.8) is 0 Å². The predicted molar refractivity (Wildman–Crippen MR) is 94.2 cm³/mol. The Bertz CT molecular complexity index is 643. The van der Waals surface area contributed by atoms with Crippen LogP contribution in [0.5, 0.6) is 6.01 Å². The molecular formula is C17H24N6O. The fourth-order valence-electron chi connectivity index (χ4n) is 2.85. The standard InChI is InChI=1S/C17H24N6O/c1-2-24-17-20-15(19-16(18)21-17)8-9-22-10-12-23(13-11-22)14-6-4-3-5-7-14/h3-7H,2,8-13H2,1H3,(H2,18,19,20,21). The molecule has 0 bridgehead atoms. The molecular weight excluding hydrogens is 304 g/mol. The molecule has 0 unspecified atom stereocenters. The van der Waals surface area contributed by atoms with Gasteiger partial charge >= 0.3 is 6.01 Å². The van der Waals surface area contributed by atoms with E-state index in [0.29, 0.717) is 18.4 Å². The molecule has 1 fully saturated rings. The minimum absolute atomic E-state index is 0.220. The minimum Gasteiger partial charge on any atom is -0.464 e. The quantitative estimate of drug-likeness (QED) is 0.854. The summed E-state index contributed by atoms with van der Waals surface area (Å²) in [5.41, 5.74) is 7.01. The van der Waals surface area contributed by atoms with Crippen molar-refractivity contribution in [2.75, 3.05) is 50.0 Å². The van der Waals surface area contributed by atoms with Crippen LogP contribution in [0.2, 0.25) is 0 Å². The van der Waals surface area contributed by atoms with Crippen LogP contribution in [-0.2, 0) is 6.42 Å². The zero-order valence-corrected chi connectivity index (χ0v) is 14.1. The molecule has 1 aliphatic rings. The van der Waals surface area contributed by atoms with Crippen molar-refractivity contribution in [2.45, 2.75) is 13.3 Å². The van der Waals surface area contributed by atoms with Gasteiger partial charge in [0.15, 0.2) is 0 Å². The highest BCUT2D eigenvalue weighted by Gasteiger charge is 2.17. The van der Waals surface area contributed by atoms with Crippen molar-refractivity contribution in [3.05, 3.63) is 36.2 Å². The normalized spacial score (nSPS) is 15.5. The Labute approximate surface area is 142 Å². The third kappa shape index (κ3) is 4.32. The minimum atomic E-state index is 0.220. The van der Waals surface area contributed by atoms with E-state index in [0.717, 1.165) is 39.1 Å². The third-order valence-corrected chi connectivity index (χ3v) is 4.10. The second-order valence-corrected chi connectivity index (χ2v) is 5.74. The van der Waals surface area contributed by atoms with Gasteiger partial charge in [-0.25, -0.2) is 0 Å². The van der Waals surface area contributed by atoms with Gasteiger partial charge in [-0.2, -0.15) is 15.0 Å². The summed E-state index contributed by atoms with van der Waals surface area (Å²) in [7, 11) is 0. The smallest absolute Gasteiger partial charge is 0.321 e. The van der Waals surface area contributed by atoms with Gasteiger partial charge in [-0.15, -0.1) is 0 Å². The number of benzene rings is 1. The van der Waals surface area contributed by atoms with Gasteiger partial charge in [0.2, 0.25) is 5.95 Å². The van der Waals surface area contributed by atoms with Crippen molar-refractivity contribution >= 4 is 11.6 Å². The van der Waals surface area contributed by atoms with Crippen LogP contribution in [0, 0.1) is 0 Å². The molecule has 24 heavy (non-hydrogen) atoms. The Morgan fingerprint density at radius 1 is 1.04 bits per heavy atom. The van der Waals surface area contributed by atoms with Crippen LogP contribution in [-0.4, -0.2) is 59.2 Å². The van der Waals surface area contributed by atoms with Crippen LogP contribution in [0.15, 0.2) is 30.3 Å². The van der Waals surface area contributed by atoms with Gasteiger partial charge in [-0.3, -0.25) is 4.90 Å². The average molecular weight is 328 g/mol. The third-order valence-electron chi connectivity index (χ3n) is 4.10. The van der Waals surface area contributed by atoms with Gasteiger partial charge in [-0.05, 0) is 19.1 Å². The summed E-state index contributed by atoms with van der Waals surface area (Å²) in [5.74, 6) is 0.911. The first-order valence-corrected chi connectivity index (χ1v) is 8.40. The molecule has 0 radical (unpaired) electrons. The number of hydrogen-bond acceptors (Lipinski definition) is 7. The molecule has 2 N–H and O–H groups in total. The zero-order valence-electron chi connectivity index (χ0n) is 14.1. The van der Waals surface area contributed by atoms with E-state index in [1.165, 1.54) is 5.69 Å². The Morgan fingerprint density at radius 2 is 1.79 bits per heavy atom. The second kappa shape index (κ2) is 7.92. The van der Waals surface area contributed by atoms with E-state index in [4.69, 9.17) is 10.5 Å². The summed E-state index contributed by atoms with van der Waals surface area (Å²) in [6.07, 6.45) is 0.748. The summed E-state index contributed by atoms with van der Waals surface area (Å²) in [5, 5.41) is 0. The van der Waals surface area contributed by atoms with Crippen LogP contribution in [0.25, 0.3) is 0 Å². The van der Waals surface area contributed by atoms with Crippen molar-refractivity contribution in [1.29, 1.82) is 0 Å². The lowest BCUT2D eigenvalue weighted by Crippen LogP contribution is -2.47. The molecule has 2 heterocycles. The molecule has 0 amide bonds. The van der Waals surface area contributed by atoms with Gasteiger partial charge in [-0.1, -0.05) is 18.2 Å². The number of nitrogen functional groups attached to an aromatic ring is 1. The van der Waals surface area contributed by atoms with Gasteiger partial charge in [0.1, 0.15) is 5.82 Å². The first-order chi connectivity index (χ1) is 11.7. The summed E-state index contributed by atoms with van der Waals surface area (Å²) in [4.78, 5) is 17.3. The number of aromatic nitrogens is 3. The number of ether oxygens (including phenoxy) is 1. The predicted octanol–water partition coefficient (Wildman–Crippen LogP) is 1.22. The van der Waals surface area contributed by atoms with E-state index >= 15 is 0 Å². The second-order valence-electron chi connectivity index (χ2n) is 5.74. The highest BCUT2D eigenvalue weighted by molar-refractivity contribution is 5.46. The van der Waals surface area contributed by atoms with Crippen molar-refractivity contribution in [1.82, 2.24) is 19.9 Å². The average Bonchev–Trinajstić information content (AvgIpc) is 2.61. The SMILES string of the molecule is CCOc1nc(N)nc(CCN2CCN(c3ccccc3)CC2)n1. The monoisotopic (exact) mass is 328 g/mol. The summed E-state index contributed by atoms with van der Waals surface area (Å²) < 4.78 is 5.32. The van der Waals surface area contributed by atoms with Gasteiger partial charge in [0.05, 0.1) is 6.61 Å². The number of nitrogens with zero attached hydrogens (tertiary/aromatic N) is 5. The first-order valence-electron chi connectivity index (χ1n) is 8.40. The van der Waals surface area contributed by atoms with E-state index in [9.17, 15) is 0 Å². The lowest BCUT2D eigenvalue weighted by Gasteiger charge is -2.36. The fraction of sp³-hybridized carbons (Fsp3) is 0.471. The highest BCUT2D eigenvalue weighted by Crippen LogP contribution is 2.15. The molecule has 7 heteroatoms. The number of anilines is 2. The highest BCUT2D eigenvalue weighted by atomic mass is 16.5. The number of rotatable bonds is 6. The molecule has 0 aliphatic carbocycles. The first kappa shape index (κ1) is 16.4. The van der Waals surface area contributed by atoms with Crippen LogP contribution in [0.4, 0.5) is 11.6 Å². The summed E-state index contributed by atoms with van der Waals surface area (Å²) in [6.45, 7) is 7.47. The van der Waals surface area contributed by atoms with E-state index in [2.05, 4.69) is 55.1 Å². The number of hydrogen-bond donors (Lipinski definition) is 1. The largest absolute Gasteiger partial charge is 0.464 e. The van der Waals surface area contributed by atoms with E-state index in [-0.39, 0.29) is 5.95 Å². The van der Waals surface area contributed by atoms with Crippen molar-refractivity contribution < 1.29 is 4.74 Å². The molecule has 3 rings (SSSR count).